The molecule has 4 heteroatoms. The molecule has 0 spiro atoms. The van der Waals surface area contributed by atoms with E-state index in [2.05, 4.69) is 103 Å². The number of rotatable bonds is 3. The minimum absolute atomic E-state index is 0. The first-order valence-electron chi connectivity index (χ1n) is 15.0. The Labute approximate surface area is 267 Å². The molecule has 1 atom stereocenters. The number of hydrogen-bond acceptors (Lipinski definition) is 1. The summed E-state index contributed by atoms with van der Waals surface area (Å²) < 4.78 is 9.91. The van der Waals surface area contributed by atoms with Gasteiger partial charge in [-0.3, -0.25) is 0 Å². The van der Waals surface area contributed by atoms with Crippen LogP contribution in [0.1, 0.15) is 112 Å². The van der Waals surface area contributed by atoms with Gasteiger partial charge in [-0.1, -0.05) is 0 Å². The molecule has 0 saturated heterocycles. The maximum Gasteiger partial charge on any atom is -1.00 e. The first-order chi connectivity index (χ1) is 18.5. The number of allylic oxidation sites excluding steroid dienone is 4. The molecule has 1 unspecified atom stereocenters. The van der Waals surface area contributed by atoms with Gasteiger partial charge < -0.3 is 24.8 Å². The van der Waals surface area contributed by atoms with Crippen molar-refractivity contribution in [1.29, 1.82) is 0 Å². The molecule has 0 aliphatic heterocycles. The van der Waals surface area contributed by atoms with Crippen molar-refractivity contribution >= 4 is 8.78 Å². The summed E-state index contributed by atoms with van der Waals surface area (Å²) in [4.78, 5) is 0. The van der Waals surface area contributed by atoms with Crippen LogP contribution in [-0.4, -0.2) is 3.21 Å². The Morgan fingerprint density at radius 2 is 1.32 bits per heavy atom. The van der Waals surface area contributed by atoms with Crippen LogP contribution in [0.4, 0.5) is 0 Å². The average molecular weight is 667 g/mol. The van der Waals surface area contributed by atoms with Crippen molar-refractivity contribution in [2.75, 3.05) is 0 Å². The molecule has 0 bridgehead atoms. The summed E-state index contributed by atoms with van der Waals surface area (Å²) in [6.45, 7) is 16.5. The van der Waals surface area contributed by atoms with Gasteiger partial charge in [0, 0.05) is 0 Å². The fourth-order valence-corrected chi connectivity index (χ4v) is 17.4. The van der Waals surface area contributed by atoms with Gasteiger partial charge in [0.2, 0.25) is 0 Å². The second-order valence-electron chi connectivity index (χ2n) is 14.1. The van der Waals surface area contributed by atoms with Crippen molar-refractivity contribution in [1.82, 2.24) is 0 Å². The summed E-state index contributed by atoms with van der Waals surface area (Å²) in [7, 11) is 0. The third-order valence-corrected chi connectivity index (χ3v) is 18.6. The molecule has 1 nitrogen and oxygen atoms in total. The molecule has 1 heterocycles. The van der Waals surface area contributed by atoms with Gasteiger partial charge in [-0.2, -0.15) is 0 Å². The van der Waals surface area contributed by atoms with E-state index < -0.39 is 21.3 Å². The minimum atomic E-state index is -2.40. The first-order valence-corrected chi connectivity index (χ1v) is 18.9. The van der Waals surface area contributed by atoms with Crippen LogP contribution >= 0.6 is 0 Å². The Morgan fingerprint density at radius 1 is 0.756 bits per heavy atom. The van der Waals surface area contributed by atoms with Gasteiger partial charge in [0.15, 0.2) is 0 Å². The second-order valence-corrected chi connectivity index (χ2v) is 20.6. The molecule has 2 aromatic carbocycles. The van der Waals surface area contributed by atoms with E-state index in [1.165, 1.54) is 65.5 Å². The number of fused-ring (bicyclic) bond motifs is 3. The van der Waals surface area contributed by atoms with Gasteiger partial charge in [-0.25, -0.2) is 0 Å². The molecule has 0 amide bonds. The number of hydrogen-bond donors (Lipinski definition) is 0. The first kappa shape index (κ1) is 32.4. The summed E-state index contributed by atoms with van der Waals surface area (Å²) in [5, 5.41) is 0. The molecular weight excluding hydrogens is 623 g/mol. The third-order valence-electron chi connectivity index (χ3n) is 9.30. The van der Waals surface area contributed by atoms with Crippen LogP contribution in [0.2, 0.25) is 0 Å². The molecule has 0 radical (unpaired) electrons. The maximum absolute atomic E-state index is 5.61. The van der Waals surface area contributed by atoms with E-state index in [1.54, 1.807) is 14.4 Å². The molecule has 41 heavy (non-hydrogen) atoms. The van der Waals surface area contributed by atoms with Crippen LogP contribution in [0.15, 0.2) is 74.8 Å². The average Bonchev–Trinajstić information content (AvgIpc) is 3.63. The molecule has 3 aromatic rings. The van der Waals surface area contributed by atoms with Crippen LogP contribution in [0.25, 0.3) is 16.7 Å². The van der Waals surface area contributed by atoms with Crippen molar-refractivity contribution < 1.29 is 50.5 Å². The monoisotopic (exact) mass is 664 g/mol. The van der Waals surface area contributed by atoms with Gasteiger partial charge in [-0.15, -0.1) is 0 Å². The van der Waals surface area contributed by atoms with E-state index in [1.807, 2.05) is 15.7 Å². The van der Waals surface area contributed by atoms with E-state index in [-0.39, 0.29) is 35.6 Å². The summed E-state index contributed by atoms with van der Waals surface area (Å²) >= 11 is -2.40. The van der Waals surface area contributed by atoms with Crippen molar-refractivity contribution in [2.45, 2.75) is 95.0 Å². The molecule has 3 aliphatic rings. The van der Waals surface area contributed by atoms with Gasteiger partial charge in [0.25, 0.3) is 0 Å². The van der Waals surface area contributed by atoms with Gasteiger partial charge >= 0.3 is 245 Å². The van der Waals surface area contributed by atoms with E-state index in [0.717, 1.165) is 0 Å². The Hall–Kier alpha value is -1.47. The fraction of sp³-hybridized carbons (Fsp3) is 0.432. The van der Waals surface area contributed by atoms with Crippen molar-refractivity contribution in [3.05, 3.63) is 98.2 Å². The van der Waals surface area contributed by atoms with Crippen molar-refractivity contribution in [2.24, 2.45) is 5.92 Å². The Morgan fingerprint density at radius 3 is 1.80 bits per heavy atom. The number of benzene rings is 2. The van der Waals surface area contributed by atoms with E-state index in [4.69, 9.17) is 4.42 Å². The topological polar surface area (TPSA) is 13.1 Å². The Kier molecular flexibility index (Phi) is 9.70. The van der Waals surface area contributed by atoms with Crippen LogP contribution < -0.4 is 24.8 Å². The predicted octanol–water partition coefficient (Wildman–Crippen LogP) is 4.32. The molecule has 1 aromatic heterocycles. The van der Waals surface area contributed by atoms with Crippen LogP contribution in [-0.2, 0) is 32.1 Å². The number of furan rings is 1. The third kappa shape index (κ3) is 6.01. The van der Waals surface area contributed by atoms with E-state index in [0.29, 0.717) is 9.54 Å². The van der Waals surface area contributed by atoms with Crippen molar-refractivity contribution in [3.8, 4) is 11.1 Å². The summed E-state index contributed by atoms with van der Waals surface area (Å²) in [5.41, 5.74) is 12.1. The molecule has 1 fully saturated rings. The molecule has 6 rings (SSSR count). The fourth-order valence-electron chi connectivity index (χ4n) is 7.02. The van der Waals surface area contributed by atoms with Gasteiger partial charge in [0.05, 0.1) is 0 Å². The SMILES string of the molecule is CC1C=CC(c2ccoc2)=[C]1[Zr+2](=[C]1CCCCC1)[CH]1c2ccc(C(C)(C)C)cc2-c2cc(C(C)(C)C)ccc21.[Cl-].[Cl-]. The van der Waals surface area contributed by atoms with Crippen LogP contribution in [0, 0.1) is 5.92 Å². The predicted molar refractivity (Wildman–Crippen MR) is 163 cm³/mol. The molecule has 1 saturated carbocycles. The minimum Gasteiger partial charge on any atom is -1.00 e. The summed E-state index contributed by atoms with van der Waals surface area (Å²) in [5.74, 6) is 0.508. The molecule has 3 aliphatic carbocycles. The maximum atomic E-state index is 5.61. The second kappa shape index (κ2) is 12.3. The van der Waals surface area contributed by atoms with Crippen LogP contribution in [0.3, 0.4) is 0 Å². The van der Waals surface area contributed by atoms with Crippen molar-refractivity contribution in [3.63, 3.8) is 0 Å². The normalized spacial score (nSPS) is 18.4. The largest absolute Gasteiger partial charge is 1.00 e. The zero-order chi connectivity index (χ0) is 27.5. The molecule has 216 valence electrons. The number of halogens is 2. The zero-order valence-corrected chi connectivity index (χ0v) is 29.7. The molecule has 0 N–H and O–H groups in total. The smallest absolute Gasteiger partial charge is 1.00 e. The quantitative estimate of drug-likeness (QED) is 0.406. The standard InChI is InChI=1S/C21H25.C10H9O.C6H10.2ClH.Zr/c1-20(2,3)16-9-7-14-11-15-8-10-17(21(4,5)6)13-19(15)18(14)12-16;1-8-2-3-9(6-8)10-4-5-11-7-10;1-2-4-6-5-3-1;;;/h7-13H,1-6H3;2-5,7-8H,1H3;1-5H2;2*1H;/q;;;;;+2/p-2. The molecular formula is C37H44Cl2OZr. The Balaban J connectivity index is 0.00000194. The van der Waals surface area contributed by atoms with E-state index in [9.17, 15) is 0 Å². The van der Waals surface area contributed by atoms with Gasteiger partial charge in [0.1, 0.15) is 0 Å². The van der Waals surface area contributed by atoms with Crippen LogP contribution in [0.5, 0.6) is 0 Å². The summed E-state index contributed by atoms with van der Waals surface area (Å²) in [6.07, 6.45) is 15.5. The van der Waals surface area contributed by atoms with E-state index >= 15 is 0 Å². The van der Waals surface area contributed by atoms with Gasteiger partial charge in [-0.05, 0) is 0 Å². The zero-order valence-electron chi connectivity index (χ0n) is 25.7. The summed E-state index contributed by atoms with van der Waals surface area (Å²) in [6, 6.07) is 17.2. The Bertz CT molecular complexity index is 1440.